The standard InChI is InChI=1S/C3H9O3Si/c1-5-7(2)6-3-4/h4H,3H2,1-2H3. The highest BCUT2D eigenvalue weighted by molar-refractivity contribution is 6.42. The van der Waals surface area contributed by atoms with Crippen molar-refractivity contribution in [2.24, 2.45) is 0 Å². The van der Waals surface area contributed by atoms with Crippen molar-refractivity contribution < 1.29 is 14.0 Å². The minimum atomic E-state index is -1.13. The third-order valence-corrected chi connectivity index (χ3v) is 1.67. The van der Waals surface area contributed by atoms with E-state index in [-0.39, 0.29) is 6.79 Å². The topological polar surface area (TPSA) is 38.7 Å². The van der Waals surface area contributed by atoms with Gasteiger partial charge in [0.1, 0.15) is 6.79 Å². The first-order valence-corrected chi connectivity index (χ1v) is 3.74. The maximum Gasteiger partial charge on any atom is 0.382 e. The van der Waals surface area contributed by atoms with Gasteiger partial charge in [0, 0.05) is 7.11 Å². The Morgan fingerprint density at radius 2 is 2.29 bits per heavy atom. The largest absolute Gasteiger partial charge is 0.397 e. The zero-order valence-corrected chi connectivity index (χ0v) is 5.47. The highest BCUT2D eigenvalue weighted by atomic mass is 28.3. The van der Waals surface area contributed by atoms with Crippen LogP contribution in [0.4, 0.5) is 0 Å². The van der Waals surface area contributed by atoms with Gasteiger partial charge >= 0.3 is 9.28 Å². The summed E-state index contributed by atoms with van der Waals surface area (Å²) in [6.45, 7) is 1.57. The second kappa shape index (κ2) is 4.26. The maximum absolute atomic E-state index is 8.09. The molecular formula is C3H9O3Si. The van der Waals surface area contributed by atoms with E-state index in [1.54, 1.807) is 13.7 Å². The lowest BCUT2D eigenvalue weighted by Crippen LogP contribution is -2.16. The van der Waals surface area contributed by atoms with Crippen LogP contribution in [0.2, 0.25) is 6.55 Å². The zero-order chi connectivity index (χ0) is 5.70. The third-order valence-electron chi connectivity index (χ3n) is 0.555. The molecule has 0 unspecified atom stereocenters. The van der Waals surface area contributed by atoms with E-state index in [2.05, 4.69) is 4.43 Å². The fourth-order valence-corrected chi connectivity index (χ4v) is 0.449. The van der Waals surface area contributed by atoms with Gasteiger partial charge in [-0.05, 0) is 6.55 Å². The van der Waals surface area contributed by atoms with Crippen molar-refractivity contribution in [3.05, 3.63) is 0 Å². The fraction of sp³-hybridized carbons (Fsp3) is 1.00. The highest BCUT2D eigenvalue weighted by Crippen LogP contribution is 1.80. The van der Waals surface area contributed by atoms with Gasteiger partial charge in [-0.25, -0.2) is 0 Å². The van der Waals surface area contributed by atoms with Crippen LogP contribution in [0.5, 0.6) is 0 Å². The Balaban J connectivity index is 2.83. The Labute approximate surface area is 44.7 Å². The van der Waals surface area contributed by atoms with Gasteiger partial charge in [-0.15, -0.1) is 0 Å². The van der Waals surface area contributed by atoms with E-state index in [1.165, 1.54) is 0 Å². The number of rotatable bonds is 3. The summed E-state index contributed by atoms with van der Waals surface area (Å²) in [5, 5.41) is 8.09. The smallest absolute Gasteiger partial charge is 0.382 e. The summed E-state index contributed by atoms with van der Waals surface area (Å²) < 4.78 is 9.34. The SMILES string of the molecule is CO[Si](C)OCO. The molecule has 0 aliphatic heterocycles. The van der Waals surface area contributed by atoms with Crippen molar-refractivity contribution in [1.82, 2.24) is 0 Å². The Morgan fingerprint density at radius 3 is 2.43 bits per heavy atom. The fourth-order valence-electron chi connectivity index (χ4n) is 0.150. The summed E-state index contributed by atoms with van der Waals surface area (Å²) in [5.41, 5.74) is 0. The van der Waals surface area contributed by atoms with Crippen LogP contribution in [-0.4, -0.2) is 28.3 Å². The van der Waals surface area contributed by atoms with Gasteiger partial charge in [-0.1, -0.05) is 0 Å². The Hall–Kier alpha value is 0.0969. The van der Waals surface area contributed by atoms with E-state index in [4.69, 9.17) is 9.53 Å². The predicted octanol–water partition coefficient (Wildman–Crippen LogP) is -0.283. The van der Waals surface area contributed by atoms with Crippen molar-refractivity contribution in [2.45, 2.75) is 6.55 Å². The van der Waals surface area contributed by atoms with Crippen molar-refractivity contribution in [3.63, 3.8) is 0 Å². The highest BCUT2D eigenvalue weighted by Gasteiger charge is 2.00. The van der Waals surface area contributed by atoms with E-state index < -0.39 is 9.28 Å². The first-order chi connectivity index (χ1) is 3.31. The second-order valence-electron chi connectivity index (χ2n) is 0.969. The molecule has 0 amide bonds. The van der Waals surface area contributed by atoms with Crippen LogP contribution < -0.4 is 0 Å². The van der Waals surface area contributed by atoms with E-state index >= 15 is 0 Å². The molecule has 0 aromatic heterocycles. The molecule has 0 rings (SSSR count). The first-order valence-electron chi connectivity index (χ1n) is 1.92. The molecule has 0 aromatic carbocycles. The Bertz CT molecular complexity index is 41.2. The van der Waals surface area contributed by atoms with Gasteiger partial charge in [-0.2, -0.15) is 0 Å². The average molecular weight is 121 g/mol. The van der Waals surface area contributed by atoms with Crippen molar-refractivity contribution >= 4 is 9.28 Å². The molecule has 0 bridgehead atoms. The normalized spacial score (nSPS) is 10.3. The molecule has 0 aliphatic carbocycles. The first kappa shape index (κ1) is 7.10. The molecule has 0 aliphatic rings. The number of aliphatic hydroxyl groups is 1. The van der Waals surface area contributed by atoms with Gasteiger partial charge < -0.3 is 14.0 Å². The lowest BCUT2D eigenvalue weighted by atomic mass is 11.6. The van der Waals surface area contributed by atoms with Crippen LogP contribution in [0, 0.1) is 0 Å². The molecule has 0 heterocycles. The van der Waals surface area contributed by atoms with E-state index in [0.717, 1.165) is 0 Å². The molecule has 0 saturated heterocycles. The monoisotopic (exact) mass is 121 g/mol. The molecule has 0 aromatic rings. The third kappa shape index (κ3) is 3.94. The molecule has 0 spiro atoms. The lowest BCUT2D eigenvalue weighted by molar-refractivity contribution is 0.0749. The van der Waals surface area contributed by atoms with Crippen LogP contribution in [0.25, 0.3) is 0 Å². The molecule has 7 heavy (non-hydrogen) atoms. The predicted molar refractivity (Wildman–Crippen MR) is 26.8 cm³/mol. The molecule has 3 nitrogen and oxygen atoms in total. The van der Waals surface area contributed by atoms with Crippen LogP contribution in [-0.2, 0) is 8.85 Å². The lowest BCUT2D eigenvalue weighted by Gasteiger charge is -2.01. The molecular weight excluding hydrogens is 112 g/mol. The van der Waals surface area contributed by atoms with E-state index in [1.807, 2.05) is 0 Å². The van der Waals surface area contributed by atoms with Crippen LogP contribution >= 0.6 is 0 Å². The van der Waals surface area contributed by atoms with Gasteiger partial charge in [0.15, 0.2) is 0 Å². The summed E-state index contributed by atoms with van der Waals surface area (Å²) in [6, 6.07) is 0. The van der Waals surface area contributed by atoms with Gasteiger partial charge in [-0.3, -0.25) is 0 Å². The van der Waals surface area contributed by atoms with Crippen molar-refractivity contribution in [3.8, 4) is 0 Å². The van der Waals surface area contributed by atoms with Gasteiger partial charge in [0.25, 0.3) is 0 Å². The summed E-state index contributed by atoms with van der Waals surface area (Å²) in [7, 11) is 0.430. The summed E-state index contributed by atoms with van der Waals surface area (Å²) in [5.74, 6) is 0. The summed E-state index contributed by atoms with van der Waals surface area (Å²) in [6.07, 6.45) is 0. The van der Waals surface area contributed by atoms with E-state index in [9.17, 15) is 0 Å². The number of aliphatic hydroxyl groups excluding tert-OH is 1. The van der Waals surface area contributed by atoms with Gasteiger partial charge in [0.2, 0.25) is 0 Å². The summed E-state index contributed by atoms with van der Waals surface area (Å²) in [4.78, 5) is 0. The Kier molecular flexibility index (Phi) is 4.32. The summed E-state index contributed by atoms with van der Waals surface area (Å²) >= 11 is 0. The Morgan fingerprint density at radius 1 is 1.71 bits per heavy atom. The van der Waals surface area contributed by atoms with Crippen LogP contribution in [0.1, 0.15) is 0 Å². The van der Waals surface area contributed by atoms with E-state index in [0.29, 0.717) is 0 Å². The average Bonchev–Trinajstić information content (AvgIpc) is 1.68. The molecule has 1 N–H and O–H groups in total. The molecule has 0 fully saturated rings. The molecule has 1 radical (unpaired) electrons. The minimum absolute atomic E-state index is 0.237. The van der Waals surface area contributed by atoms with Gasteiger partial charge in [0.05, 0.1) is 0 Å². The minimum Gasteiger partial charge on any atom is -0.397 e. The number of hydrogen-bond donors (Lipinski definition) is 1. The maximum atomic E-state index is 8.09. The zero-order valence-electron chi connectivity index (χ0n) is 4.47. The molecule has 4 heteroatoms. The molecule has 0 atom stereocenters. The molecule has 0 saturated carbocycles. The quantitative estimate of drug-likeness (QED) is 0.412. The van der Waals surface area contributed by atoms with Crippen LogP contribution in [0.3, 0.4) is 0 Å². The van der Waals surface area contributed by atoms with Crippen molar-refractivity contribution in [1.29, 1.82) is 0 Å². The molecule has 43 valence electrons. The number of hydrogen-bond acceptors (Lipinski definition) is 3. The van der Waals surface area contributed by atoms with Crippen LogP contribution in [0.15, 0.2) is 0 Å². The second-order valence-corrected chi connectivity index (χ2v) is 2.65. The van der Waals surface area contributed by atoms with Crippen molar-refractivity contribution in [2.75, 3.05) is 13.9 Å².